The van der Waals surface area contributed by atoms with E-state index in [9.17, 15) is 45.6 Å². The van der Waals surface area contributed by atoms with Crippen molar-refractivity contribution in [1.82, 2.24) is 4.90 Å². The van der Waals surface area contributed by atoms with Crippen LogP contribution >= 0.6 is 0 Å². The molecule has 234 valence electrons. The second-order valence-corrected chi connectivity index (χ2v) is 10.9. The van der Waals surface area contributed by atoms with Crippen LogP contribution in [0.25, 0.3) is 0 Å². The lowest BCUT2D eigenvalue weighted by Crippen LogP contribution is -2.53. The van der Waals surface area contributed by atoms with E-state index in [1.165, 1.54) is 4.90 Å². The summed E-state index contributed by atoms with van der Waals surface area (Å²) in [6.45, 7) is 4.48. The minimum absolute atomic E-state index is 0.000345. The maximum absolute atomic E-state index is 10.9. The van der Waals surface area contributed by atoms with Crippen molar-refractivity contribution in [2.75, 3.05) is 46.1 Å². The first-order chi connectivity index (χ1) is 17.9. The van der Waals surface area contributed by atoms with Crippen LogP contribution in [0.2, 0.25) is 0 Å². The zero-order valence-electron chi connectivity index (χ0n) is 23.1. The fourth-order valence-corrected chi connectivity index (χ4v) is 3.64. The largest absolute Gasteiger partial charge is 0.481 e. The van der Waals surface area contributed by atoms with E-state index in [4.69, 9.17) is 24.8 Å². The third kappa shape index (κ3) is 14.9. The number of rotatable bonds is 22. The monoisotopic (exact) mass is 575 g/mol. The summed E-state index contributed by atoms with van der Waals surface area (Å²) in [4.78, 5) is 12.3. The van der Waals surface area contributed by atoms with E-state index >= 15 is 0 Å². The average molecular weight is 576 g/mol. The first-order valence-corrected chi connectivity index (χ1v) is 12.8. The van der Waals surface area contributed by atoms with Gasteiger partial charge < -0.3 is 65.6 Å². The molecule has 0 spiro atoms. The molecule has 15 heteroatoms. The molecule has 0 aromatic carbocycles. The Kier molecular flexibility index (Phi) is 17.2. The van der Waals surface area contributed by atoms with E-state index in [2.05, 4.69) is 0 Å². The van der Waals surface area contributed by atoms with Gasteiger partial charge >= 0.3 is 5.97 Å². The molecule has 0 amide bonds. The van der Waals surface area contributed by atoms with Gasteiger partial charge in [-0.1, -0.05) is 0 Å². The molecule has 0 aliphatic rings. The van der Waals surface area contributed by atoms with Crippen molar-refractivity contribution in [3.63, 3.8) is 0 Å². The van der Waals surface area contributed by atoms with Gasteiger partial charge in [-0.3, -0.25) is 9.69 Å². The SMILES string of the molecule is CC(C)(CCOC(C)(C)CC(=O)O)OCCN(C[C@H](O)[C@@H](O)[C@H](O)[C@H](O)CO)C[C@H](O)[C@@H](O)[C@H](O)[C@H](O)CO. The van der Waals surface area contributed by atoms with Crippen LogP contribution in [-0.2, 0) is 14.3 Å². The van der Waals surface area contributed by atoms with Gasteiger partial charge in [0.25, 0.3) is 0 Å². The summed E-state index contributed by atoms with van der Waals surface area (Å²) in [6, 6.07) is 0. The third-order valence-electron chi connectivity index (χ3n) is 6.22. The van der Waals surface area contributed by atoms with Crippen LogP contribution in [0.1, 0.15) is 40.5 Å². The molecule has 0 unspecified atom stereocenters. The highest BCUT2D eigenvalue weighted by atomic mass is 16.5. The van der Waals surface area contributed by atoms with Crippen molar-refractivity contribution < 1.29 is 70.4 Å². The van der Waals surface area contributed by atoms with Crippen LogP contribution in [0.5, 0.6) is 0 Å². The van der Waals surface area contributed by atoms with Crippen molar-refractivity contribution in [3.05, 3.63) is 0 Å². The van der Waals surface area contributed by atoms with Gasteiger partial charge in [0.1, 0.15) is 36.6 Å². The normalized spacial score (nSPS) is 19.3. The first kappa shape index (κ1) is 38.0. The Morgan fingerprint density at radius 3 is 1.44 bits per heavy atom. The quantitative estimate of drug-likeness (QED) is 0.0582. The predicted molar refractivity (Wildman–Crippen MR) is 136 cm³/mol. The molecular weight excluding hydrogens is 526 g/mol. The minimum atomic E-state index is -1.89. The number of hydrogen-bond donors (Lipinski definition) is 11. The molecule has 0 aliphatic heterocycles. The summed E-state index contributed by atoms with van der Waals surface area (Å²) in [5.74, 6) is -0.994. The van der Waals surface area contributed by atoms with Crippen molar-refractivity contribution in [2.24, 2.45) is 0 Å². The third-order valence-corrected chi connectivity index (χ3v) is 6.22. The van der Waals surface area contributed by atoms with Gasteiger partial charge in [-0.2, -0.15) is 0 Å². The van der Waals surface area contributed by atoms with E-state index in [0.29, 0.717) is 6.42 Å². The van der Waals surface area contributed by atoms with Gasteiger partial charge in [-0.25, -0.2) is 0 Å². The van der Waals surface area contributed by atoms with Crippen molar-refractivity contribution in [2.45, 2.75) is 101 Å². The van der Waals surface area contributed by atoms with Crippen LogP contribution < -0.4 is 0 Å². The predicted octanol–water partition coefficient (Wildman–Crippen LogP) is -4.38. The van der Waals surface area contributed by atoms with Crippen molar-refractivity contribution in [1.29, 1.82) is 0 Å². The van der Waals surface area contributed by atoms with Crippen LogP contribution in [0.3, 0.4) is 0 Å². The lowest BCUT2D eigenvalue weighted by Gasteiger charge is -2.34. The molecule has 0 fully saturated rings. The Labute approximate surface area is 228 Å². The second kappa shape index (κ2) is 17.7. The highest BCUT2D eigenvalue weighted by Crippen LogP contribution is 2.20. The zero-order chi connectivity index (χ0) is 30.6. The molecule has 0 aromatic rings. The molecule has 0 saturated carbocycles. The van der Waals surface area contributed by atoms with E-state index < -0.39 is 92.3 Å². The van der Waals surface area contributed by atoms with E-state index in [1.54, 1.807) is 27.7 Å². The molecular formula is C24H49NO14. The van der Waals surface area contributed by atoms with Gasteiger partial charge in [0.2, 0.25) is 0 Å². The van der Waals surface area contributed by atoms with Gasteiger partial charge in [0.05, 0.1) is 56.3 Å². The molecule has 0 heterocycles. The Morgan fingerprint density at radius 1 is 0.667 bits per heavy atom. The molecule has 0 aromatic heterocycles. The fourth-order valence-electron chi connectivity index (χ4n) is 3.64. The van der Waals surface area contributed by atoms with Gasteiger partial charge in [-0.15, -0.1) is 0 Å². The van der Waals surface area contributed by atoms with Crippen molar-refractivity contribution in [3.8, 4) is 0 Å². The number of hydrogen-bond acceptors (Lipinski definition) is 14. The molecule has 0 radical (unpaired) electrons. The topological polar surface area (TPSA) is 261 Å². The summed E-state index contributed by atoms with van der Waals surface area (Å²) < 4.78 is 11.5. The van der Waals surface area contributed by atoms with E-state index in [-0.39, 0.29) is 26.2 Å². The Morgan fingerprint density at radius 2 is 1.05 bits per heavy atom. The number of ether oxygens (including phenoxy) is 2. The second-order valence-electron chi connectivity index (χ2n) is 10.9. The van der Waals surface area contributed by atoms with Crippen LogP contribution in [-0.4, -0.2) is 173 Å². The summed E-state index contributed by atoms with van der Waals surface area (Å²) in [7, 11) is 0. The Bertz CT molecular complexity index is 651. The minimum Gasteiger partial charge on any atom is -0.481 e. The first-order valence-electron chi connectivity index (χ1n) is 12.8. The lowest BCUT2D eigenvalue weighted by molar-refractivity contribution is -0.144. The highest BCUT2D eigenvalue weighted by Gasteiger charge is 2.34. The number of carboxylic acids is 1. The molecule has 0 saturated heterocycles. The standard InChI is InChI=1S/C24H49NO14/c1-23(2,5-7-38-24(3,4)9-18(32)33)39-8-6-25(10-14(28)19(34)21(36)16(30)12-26)11-15(29)20(35)22(37)17(31)13-27/h14-17,19-22,26-31,34-37H,5-13H2,1-4H3,(H,32,33)/t14-,15-,16+,17+,19+,20+,21+,22+/m0/s1. The fraction of sp³-hybridized carbons (Fsp3) is 0.958. The number of carboxylic acid groups (broad SMARTS) is 1. The molecule has 0 aliphatic carbocycles. The summed E-state index contributed by atoms with van der Waals surface area (Å²) >= 11 is 0. The summed E-state index contributed by atoms with van der Waals surface area (Å²) in [6.07, 6.45) is -14.2. The zero-order valence-corrected chi connectivity index (χ0v) is 23.1. The molecule has 0 rings (SSSR count). The molecule has 0 bridgehead atoms. The summed E-state index contributed by atoms with van der Waals surface area (Å²) in [5, 5.41) is 107. The summed E-state index contributed by atoms with van der Waals surface area (Å²) in [5.41, 5.74) is -1.63. The number of carbonyl (C=O) groups is 1. The number of aliphatic hydroxyl groups is 10. The highest BCUT2D eigenvalue weighted by molar-refractivity contribution is 5.67. The Hall–Kier alpha value is -1.05. The maximum atomic E-state index is 10.9. The van der Waals surface area contributed by atoms with Gasteiger partial charge in [-0.05, 0) is 34.1 Å². The van der Waals surface area contributed by atoms with Crippen molar-refractivity contribution >= 4 is 5.97 Å². The van der Waals surface area contributed by atoms with Gasteiger partial charge in [0, 0.05) is 19.6 Å². The smallest absolute Gasteiger partial charge is 0.306 e. The average Bonchev–Trinajstić information content (AvgIpc) is 2.84. The molecule has 8 atom stereocenters. The van der Waals surface area contributed by atoms with E-state index in [1.807, 2.05) is 0 Å². The van der Waals surface area contributed by atoms with Gasteiger partial charge in [0.15, 0.2) is 0 Å². The van der Waals surface area contributed by atoms with Crippen LogP contribution in [0, 0.1) is 0 Å². The lowest BCUT2D eigenvalue weighted by atomic mass is 10.0. The number of aliphatic carboxylic acids is 1. The molecule has 15 nitrogen and oxygen atoms in total. The number of aliphatic hydroxyl groups excluding tert-OH is 10. The van der Waals surface area contributed by atoms with Crippen LogP contribution in [0.4, 0.5) is 0 Å². The Balaban J connectivity index is 5.25. The van der Waals surface area contributed by atoms with Crippen LogP contribution in [0.15, 0.2) is 0 Å². The molecule has 39 heavy (non-hydrogen) atoms. The maximum Gasteiger partial charge on any atom is 0.306 e. The molecule has 11 N–H and O–H groups in total. The number of nitrogens with zero attached hydrogens (tertiary/aromatic N) is 1. The van der Waals surface area contributed by atoms with E-state index in [0.717, 1.165) is 0 Å².